The van der Waals surface area contributed by atoms with Crippen LogP contribution in [0.3, 0.4) is 0 Å². The zero-order chi connectivity index (χ0) is 20.8. The number of aryl methyl sites for hydroxylation is 1. The number of hydrogen-bond donors (Lipinski definition) is 1. The quantitative estimate of drug-likeness (QED) is 0.572. The normalized spacial score (nSPS) is 13.9. The van der Waals surface area contributed by atoms with E-state index in [0.717, 1.165) is 31.5 Å². The molecular formula is C23H24FN3O2. The Kier molecular flexibility index (Phi) is 6.50. The molecule has 0 unspecified atom stereocenters. The first-order valence-corrected chi connectivity index (χ1v) is 9.73. The van der Waals surface area contributed by atoms with Crippen LogP contribution in [-0.4, -0.2) is 25.6 Å². The fraction of sp³-hybridized carbons (Fsp3) is 0.304. The lowest BCUT2D eigenvalue weighted by Gasteiger charge is -2.19. The first-order valence-electron chi connectivity index (χ1n) is 9.73. The monoisotopic (exact) mass is 393 g/mol. The number of carbonyl (C=O) groups excluding carboxylic acids is 1. The molecule has 0 spiro atoms. The van der Waals surface area contributed by atoms with Crippen LogP contribution in [-0.2, 0) is 4.79 Å². The van der Waals surface area contributed by atoms with Gasteiger partial charge < -0.3 is 15.0 Å². The minimum atomic E-state index is -0.542. The van der Waals surface area contributed by atoms with Crippen molar-refractivity contribution >= 4 is 23.4 Å². The van der Waals surface area contributed by atoms with Gasteiger partial charge in [0.15, 0.2) is 0 Å². The van der Waals surface area contributed by atoms with E-state index < -0.39 is 5.91 Å². The molecule has 29 heavy (non-hydrogen) atoms. The minimum Gasteiger partial charge on any atom is -0.494 e. The molecule has 2 aromatic rings. The third-order valence-corrected chi connectivity index (χ3v) is 4.87. The van der Waals surface area contributed by atoms with Crippen molar-refractivity contribution in [1.82, 2.24) is 0 Å². The number of nitrogens with zero attached hydrogens (tertiary/aromatic N) is 2. The van der Waals surface area contributed by atoms with Gasteiger partial charge in [0.05, 0.1) is 12.3 Å². The number of rotatable bonds is 6. The highest BCUT2D eigenvalue weighted by Gasteiger charge is 2.18. The Morgan fingerprint density at radius 2 is 1.97 bits per heavy atom. The topological polar surface area (TPSA) is 65.4 Å². The highest BCUT2D eigenvalue weighted by atomic mass is 19.1. The molecule has 1 saturated heterocycles. The van der Waals surface area contributed by atoms with E-state index in [1.54, 1.807) is 30.3 Å². The zero-order valence-electron chi connectivity index (χ0n) is 16.7. The molecule has 0 radical (unpaired) electrons. The van der Waals surface area contributed by atoms with Gasteiger partial charge >= 0.3 is 0 Å². The summed E-state index contributed by atoms with van der Waals surface area (Å²) in [6.07, 6.45) is 3.55. The first kappa shape index (κ1) is 20.4. The first-order chi connectivity index (χ1) is 14.0. The smallest absolute Gasteiger partial charge is 0.266 e. The van der Waals surface area contributed by atoms with E-state index in [1.165, 1.54) is 12.1 Å². The summed E-state index contributed by atoms with van der Waals surface area (Å²) in [6.45, 7) is 5.99. The highest BCUT2D eigenvalue weighted by Crippen LogP contribution is 2.28. The van der Waals surface area contributed by atoms with Crippen LogP contribution in [0.1, 0.15) is 30.9 Å². The minimum absolute atomic E-state index is 0.0877. The van der Waals surface area contributed by atoms with Crippen molar-refractivity contribution in [2.75, 3.05) is 29.9 Å². The number of benzene rings is 2. The molecule has 1 heterocycles. The molecule has 150 valence electrons. The summed E-state index contributed by atoms with van der Waals surface area (Å²) in [7, 11) is 0. The van der Waals surface area contributed by atoms with E-state index in [4.69, 9.17) is 4.74 Å². The number of carbonyl (C=O) groups is 1. The van der Waals surface area contributed by atoms with E-state index in [1.807, 2.05) is 24.8 Å². The van der Waals surface area contributed by atoms with Crippen molar-refractivity contribution in [2.45, 2.75) is 26.7 Å². The molecule has 1 fully saturated rings. The number of amides is 1. The Morgan fingerprint density at radius 3 is 2.59 bits per heavy atom. The Balaban J connectivity index is 1.79. The molecule has 0 bridgehead atoms. The van der Waals surface area contributed by atoms with Crippen LogP contribution in [0.5, 0.6) is 5.75 Å². The maximum atomic E-state index is 14.6. The maximum absolute atomic E-state index is 14.6. The molecule has 0 atom stereocenters. The second kappa shape index (κ2) is 9.24. The summed E-state index contributed by atoms with van der Waals surface area (Å²) in [5.74, 6) is -0.182. The molecule has 1 N–H and O–H groups in total. The lowest BCUT2D eigenvalue weighted by Crippen LogP contribution is -2.19. The standard InChI is InChI=1S/C23H24FN3O2/c1-3-29-20-8-6-19(7-9-20)26-23(28)18(15-25)13-17-14-21(24)22(12-16(17)2)27-10-4-5-11-27/h6-9,12-14H,3-5,10-11H2,1-2H3,(H,26,28). The average molecular weight is 393 g/mol. The lowest BCUT2D eigenvalue weighted by molar-refractivity contribution is -0.112. The summed E-state index contributed by atoms with van der Waals surface area (Å²) in [4.78, 5) is 14.5. The van der Waals surface area contributed by atoms with E-state index in [9.17, 15) is 14.4 Å². The number of hydrogen-bond acceptors (Lipinski definition) is 4. The summed E-state index contributed by atoms with van der Waals surface area (Å²) >= 11 is 0. The molecule has 0 aromatic heterocycles. The molecule has 3 rings (SSSR count). The van der Waals surface area contributed by atoms with Crippen LogP contribution in [0.2, 0.25) is 0 Å². The maximum Gasteiger partial charge on any atom is 0.266 e. The molecule has 1 aliphatic heterocycles. The van der Waals surface area contributed by atoms with E-state index >= 15 is 0 Å². The number of halogens is 1. The van der Waals surface area contributed by atoms with Gasteiger partial charge in [0, 0.05) is 18.8 Å². The van der Waals surface area contributed by atoms with Gasteiger partial charge in [-0.15, -0.1) is 0 Å². The van der Waals surface area contributed by atoms with Crippen molar-refractivity contribution in [3.8, 4) is 11.8 Å². The Hall–Kier alpha value is -3.33. The fourth-order valence-electron chi connectivity index (χ4n) is 3.34. The average Bonchev–Trinajstić information content (AvgIpc) is 3.24. The number of nitrogens with one attached hydrogen (secondary N) is 1. The van der Waals surface area contributed by atoms with Crippen molar-refractivity contribution in [1.29, 1.82) is 5.26 Å². The van der Waals surface area contributed by atoms with Crippen LogP contribution in [0, 0.1) is 24.1 Å². The third kappa shape index (κ3) is 4.94. The van der Waals surface area contributed by atoms with E-state index in [2.05, 4.69) is 5.32 Å². The van der Waals surface area contributed by atoms with Crippen LogP contribution in [0.4, 0.5) is 15.8 Å². The summed E-state index contributed by atoms with van der Waals surface area (Å²) in [5, 5.41) is 12.1. The summed E-state index contributed by atoms with van der Waals surface area (Å²) < 4.78 is 20.0. The van der Waals surface area contributed by atoms with Gasteiger partial charge in [0.1, 0.15) is 23.2 Å². The van der Waals surface area contributed by atoms with Gasteiger partial charge in [-0.2, -0.15) is 5.26 Å². The van der Waals surface area contributed by atoms with Gasteiger partial charge in [0.25, 0.3) is 5.91 Å². The van der Waals surface area contributed by atoms with Crippen LogP contribution >= 0.6 is 0 Å². The molecule has 2 aromatic carbocycles. The highest BCUT2D eigenvalue weighted by molar-refractivity contribution is 6.09. The Morgan fingerprint density at radius 1 is 1.28 bits per heavy atom. The number of nitriles is 1. The Bertz CT molecular complexity index is 955. The van der Waals surface area contributed by atoms with Crippen LogP contribution in [0.25, 0.3) is 6.08 Å². The van der Waals surface area contributed by atoms with Crippen molar-refractivity contribution < 1.29 is 13.9 Å². The molecule has 0 aliphatic carbocycles. The molecule has 1 amide bonds. The molecule has 5 nitrogen and oxygen atoms in total. The third-order valence-electron chi connectivity index (χ3n) is 4.87. The summed E-state index contributed by atoms with van der Waals surface area (Å²) in [5.41, 5.74) is 2.37. The predicted octanol–water partition coefficient (Wildman–Crippen LogP) is 4.68. The second-order valence-electron chi connectivity index (χ2n) is 6.94. The number of anilines is 2. The zero-order valence-corrected chi connectivity index (χ0v) is 16.7. The van der Waals surface area contributed by atoms with Gasteiger partial charge in [0.2, 0.25) is 0 Å². The van der Waals surface area contributed by atoms with Crippen molar-refractivity contribution in [3.05, 3.63) is 58.9 Å². The molecular weight excluding hydrogens is 369 g/mol. The SMILES string of the molecule is CCOc1ccc(NC(=O)C(C#N)=Cc2cc(F)c(N3CCCC3)cc2C)cc1. The molecule has 6 heteroatoms. The van der Waals surface area contributed by atoms with Crippen molar-refractivity contribution in [3.63, 3.8) is 0 Å². The van der Waals surface area contributed by atoms with Crippen LogP contribution in [0.15, 0.2) is 42.0 Å². The van der Waals surface area contributed by atoms with Gasteiger partial charge in [-0.05, 0) is 80.3 Å². The molecule has 0 saturated carbocycles. The second-order valence-corrected chi connectivity index (χ2v) is 6.94. The largest absolute Gasteiger partial charge is 0.494 e. The Labute approximate surface area is 170 Å². The van der Waals surface area contributed by atoms with Gasteiger partial charge in [-0.1, -0.05) is 0 Å². The predicted molar refractivity (Wildman–Crippen MR) is 112 cm³/mol. The van der Waals surface area contributed by atoms with Gasteiger partial charge in [-0.3, -0.25) is 4.79 Å². The fourth-order valence-corrected chi connectivity index (χ4v) is 3.34. The van der Waals surface area contributed by atoms with E-state index in [0.29, 0.717) is 29.3 Å². The summed E-state index contributed by atoms with van der Waals surface area (Å²) in [6, 6.07) is 12.0. The lowest BCUT2D eigenvalue weighted by atomic mass is 10.0. The van der Waals surface area contributed by atoms with Crippen LogP contribution < -0.4 is 15.0 Å². The molecule has 1 aliphatic rings. The van der Waals surface area contributed by atoms with Gasteiger partial charge in [-0.25, -0.2) is 4.39 Å². The number of ether oxygens (including phenoxy) is 1. The van der Waals surface area contributed by atoms with E-state index in [-0.39, 0.29) is 11.4 Å². The van der Waals surface area contributed by atoms with Crippen molar-refractivity contribution in [2.24, 2.45) is 0 Å².